The normalized spacial score (nSPS) is 13.2. The van der Waals surface area contributed by atoms with Gasteiger partial charge in [0.2, 0.25) is 5.75 Å². The van der Waals surface area contributed by atoms with Crippen molar-refractivity contribution in [1.82, 2.24) is 9.88 Å². The van der Waals surface area contributed by atoms with E-state index in [9.17, 15) is 4.79 Å². The maximum atomic E-state index is 13.5. The van der Waals surface area contributed by atoms with Gasteiger partial charge in [-0.05, 0) is 49.9 Å². The van der Waals surface area contributed by atoms with Crippen molar-refractivity contribution >= 4 is 16.8 Å². The second-order valence-electron chi connectivity index (χ2n) is 7.77. The topological polar surface area (TPSA) is 60.9 Å². The molecule has 0 N–H and O–H groups in total. The first kappa shape index (κ1) is 21.0. The van der Waals surface area contributed by atoms with Crippen LogP contribution in [-0.2, 0) is 0 Å². The third-order valence-corrected chi connectivity index (χ3v) is 5.75. The Kier molecular flexibility index (Phi) is 5.98. The summed E-state index contributed by atoms with van der Waals surface area (Å²) in [6.45, 7) is 3.53. The number of ether oxygens (including phenoxy) is 3. The highest BCUT2D eigenvalue weighted by molar-refractivity contribution is 6.07. The predicted molar refractivity (Wildman–Crippen MR) is 121 cm³/mol. The summed E-state index contributed by atoms with van der Waals surface area (Å²) in [7, 11) is 4.74. The second kappa shape index (κ2) is 8.84. The molecule has 0 spiro atoms. The SMILES string of the molecule is CCN(CC1CC1)C(=O)c1cc(-c2cc(OC)c(OC)c(OC)c2)nc2ccccc12. The number of fused-ring (bicyclic) bond motifs is 1. The van der Waals surface area contributed by atoms with Crippen LogP contribution in [0.1, 0.15) is 30.1 Å². The van der Waals surface area contributed by atoms with Gasteiger partial charge in [0.25, 0.3) is 5.91 Å². The van der Waals surface area contributed by atoms with Crippen molar-refractivity contribution in [2.75, 3.05) is 34.4 Å². The van der Waals surface area contributed by atoms with Crippen molar-refractivity contribution in [2.45, 2.75) is 19.8 Å². The Labute approximate surface area is 182 Å². The molecule has 1 fully saturated rings. The lowest BCUT2D eigenvalue weighted by molar-refractivity contribution is 0.0759. The number of carbonyl (C=O) groups is 1. The minimum atomic E-state index is 0.0432. The van der Waals surface area contributed by atoms with Gasteiger partial charge in [-0.2, -0.15) is 0 Å². The highest BCUT2D eigenvalue weighted by Gasteiger charge is 2.27. The zero-order valence-electron chi connectivity index (χ0n) is 18.5. The minimum Gasteiger partial charge on any atom is -0.493 e. The van der Waals surface area contributed by atoms with E-state index in [2.05, 4.69) is 0 Å². The van der Waals surface area contributed by atoms with Crippen LogP contribution in [0.15, 0.2) is 42.5 Å². The van der Waals surface area contributed by atoms with Crippen LogP contribution < -0.4 is 14.2 Å². The van der Waals surface area contributed by atoms with Crippen molar-refractivity contribution in [3.63, 3.8) is 0 Å². The highest BCUT2D eigenvalue weighted by atomic mass is 16.5. The van der Waals surface area contributed by atoms with E-state index in [0.717, 1.165) is 23.0 Å². The molecule has 2 aromatic carbocycles. The maximum Gasteiger partial charge on any atom is 0.254 e. The molecule has 1 aliphatic carbocycles. The van der Waals surface area contributed by atoms with E-state index in [1.54, 1.807) is 21.3 Å². The van der Waals surface area contributed by atoms with E-state index < -0.39 is 0 Å². The Balaban J connectivity index is 1.85. The first-order valence-electron chi connectivity index (χ1n) is 10.6. The summed E-state index contributed by atoms with van der Waals surface area (Å²) in [5, 5.41) is 0.859. The average molecular weight is 421 g/mol. The number of methoxy groups -OCH3 is 3. The Morgan fingerprint density at radius 2 is 1.71 bits per heavy atom. The number of benzene rings is 2. The van der Waals surface area contributed by atoms with Gasteiger partial charge in [0, 0.05) is 24.0 Å². The molecule has 6 heteroatoms. The Bertz CT molecular complexity index is 1080. The van der Waals surface area contributed by atoms with Crippen molar-refractivity contribution in [2.24, 2.45) is 5.92 Å². The number of hydrogen-bond acceptors (Lipinski definition) is 5. The molecular formula is C25H28N2O4. The van der Waals surface area contributed by atoms with Crippen LogP contribution >= 0.6 is 0 Å². The standard InChI is InChI=1S/C25H28N2O4/c1-5-27(15-16-10-11-16)25(28)19-14-21(26-20-9-7-6-8-18(19)20)17-12-22(29-2)24(31-4)23(13-17)30-3/h6-9,12-14,16H,5,10-11,15H2,1-4H3. The fourth-order valence-electron chi connectivity index (χ4n) is 3.87. The van der Waals surface area contributed by atoms with Crippen LogP contribution in [0, 0.1) is 5.92 Å². The number of rotatable bonds is 8. The molecule has 0 unspecified atom stereocenters. The van der Waals surface area contributed by atoms with Crippen LogP contribution in [-0.4, -0.2) is 50.2 Å². The van der Waals surface area contributed by atoms with Crippen LogP contribution in [0.2, 0.25) is 0 Å². The molecule has 0 saturated heterocycles. The first-order valence-corrected chi connectivity index (χ1v) is 10.6. The van der Waals surface area contributed by atoms with E-state index in [4.69, 9.17) is 19.2 Å². The van der Waals surface area contributed by atoms with Crippen molar-refractivity contribution in [3.8, 4) is 28.5 Å². The molecule has 4 rings (SSSR count). The maximum absolute atomic E-state index is 13.5. The lowest BCUT2D eigenvalue weighted by atomic mass is 10.0. The molecular weight excluding hydrogens is 392 g/mol. The summed E-state index contributed by atoms with van der Waals surface area (Å²) in [4.78, 5) is 20.3. The minimum absolute atomic E-state index is 0.0432. The summed E-state index contributed by atoms with van der Waals surface area (Å²) in [6.07, 6.45) is 2.41. The second-order valence-corrected chi connectivity index (χ2v) is 7.77. The van der Waals surface area contributed by atoms with Gasteiger partial charge in [-0.25, -0.2) is 4.98 Å². The van der Waals surface area contributed by atoms with Crippen LogP contribution in [0.4, 0.5) is 0 Å². The lowest BCUT2D eigenvalue weighted by Gasteiger charge is -2.22. The van der Waals surface area contributed by atoms with Gasteiger partial charge in [0.05, 0.1) is 38.1 Å². The molecule has 0 radical (unpaired) electrons. The number of aromatic nitrogens is 1. The van der Waals surface area contributed by atoms with Gasteiger partial charge < -0.3 is 19.1 Å². The van der Waals surface area contributed by atoms with Crippen molar-refractivity contribution in [1.29, 1.82) is 0 Å². The molecule has 6 nitrogen and oxygen atoms in total. The van der Waals surface area contributed by atoms with Gasteiger partial charge in [0.15, 0.2) is 11.5 Å². The summed E-state index contributed by atoms with van der Waals surface area (Å²) in [5.74, 6) is 2.29. The van der Waals surface area contributed by atoms with Crippen molar-refractivity contribution < 1.29 is 19.0 Å². The molecule has 0 atom stereocenters. The van der Waals surface area contributed by atoms with E-state index in [1.165, 1.54) is 12.8 Å². The third-order valence-electron chi connectivity index (χ3n) is 5.75. The molecule has 1 amide bonds. The molecule has 0 aliphatic heterocycles. The molecule has 3 aromatic rings. The Hall–Kier alpha value is -3.28. The monoisotopic (exact) mass is 420 g/mol. The smallest absolute Gasteiger partial charge is 0.254 e. The number of carbonyl (C=O) groups excluding carboxylic acids is 1. The zero-order chi connectivity index (χ0) is 22.0. The van der Waals surface area contributed by atoms with Gasteiger partial charge in [-0.1, -0.05) is 18.2 Å². The van der Waals surface area contributed by atoms with Gasteiger partial charge in [-0.3, -0.25) is 4.79 Å². The number of pyridine rings is 1. The first-order chi connectivity index (χ1) is 15.1. The molecule has 0 bridgehead atoms. The Morgan fingerprint density at radius 3 is 2.29 bits per heavy atom. The highest BCUT2D eigenvalue weighted by Crippen LogP contribution is 2.41. The third kappa shape index (κ3) is 4.15. The average Bonchev–Trinajstić information content (AvgIpc) is 3.64. The van der Waals surface area contributed by atoms with E-state index in [1.807, 2.05) is 54.3 Å². The molecule has 1 aliphatic rings. The number of amides is 1. The largest absolute Gasteiger partial charge is 0.493 e. The predicted octanol–water partition coefficient (Wildman–Crippen LogP) is 4.80. The number of para-hydroxylation sites is 1. The number of hydrogen-bond donors (Lipinski definition) is 0. The lowest BCUT2D eigenvalue weighted by Crippen LogP contribution is -2.32. The van der Waals surface area contributed by atoms with Gasteiger partial charge in [0.1, 0.15) is 0 Å². The van der Waals surface area contributed by atoms with Gasteiger partial charge in [-0.15, -0.1) is 0 Å². The molecule has 162 valence electrons. The molecule has 1 saturated carbocycles. The quantitative estimate of drug-likeness (QED) is 0.524. The fourth-order valence-corrected chi connectivity index (χ4v) is 3.87. The van der Waals surface area contributed by atoms with Crippen molar-refractivity contribution in [3.05, 3.63) is 48.0 Å². The van der Waals surface area contributed by atoms with Crippen LogP contribution in [0.25, 0.3) is 22.2 Å². The zero-order valence-corrected chi connectivity index (χ0v) is 18.5. The summed E-state index contributed by atoms with van der Waals surface area (Å²) < 4.78 is 16.4. The van der Waals surface area contributed by atoms with Gasteiger partial charge >= 0.3 is 0 Å². The summed E-state index contributed by atoms with van der Waals surface area (Å²) in [5.41, 5.74) is 2.92. The van der Waals surface area contributed by atoms with Crippen LogP contribution in [0.3, 0.4) is 0 Å². The summed E-state index contributed by atoms with van der Waals surface area (Å²) in [6, 6.07) is 13.4. The summed E-state index contributed by atoms with van der Waals surface area (Å²) >= 11 is 0. The Morgan fingerprint density at radius 1 is 1.03 bits per heavy atom. The fraction of sp³-hybridized carbons (Fsp3) is 0.360. The van der Waals surface area contributed by atoms with E-state index >= 15 is 0 Å². The van der Waals surface area contributed by atoms with E-state index in [0.29, 0.717) is 41.0 Å². The van der Waals surface area contributed by atoms with E-state index in [-0.39, 0.29) is 5.91 Å². The van der Waals surface area contributed by atoms with Crippen LogP contribution in [0.5, 0.6) is 17.2 Å². The molecule has 31 heavy (non-hydrogen) atoms. The molecule has 1 aromatic heterocycles. The molecule has 1 heterocycles. The number of nitrogens with zero attached hydrogens (tertiary/aromatic N) is 2.